The van der Waals surface area contributed by atoms with Gasteiger partial charge in [-0.3, -0.25) is 14.9 Å². The summed E-state index contributed by atoms with van der Waals surface area (Å²) >= 11 is 1.40. The van der Waals surface area contributed by atoms with Crippen molar-refractivity contribution in [3.63, 3.8) is 0 Å². The molecule has 1 saturated carbocycles. The number of nitro groups is 1. The van der Waals surface area contributed by atoms with Gasteiger partial charge in [-0.15, -0.1) is 11.8 Å². The van der Waals surface area contributed by atoms with Crippen LogP contribution < -0.4 is 5.32 Å². The van der Waals surface area contributed by atoms with Crippen LogP contribution in [0.5, 0.6) is 0 Å². The molecule has 22 heavy (non-hydrogen) atoms. The number of nitrogens with one attached hydrogen (secondary N) is 1. The average molecular weight is 322 g/mol. The Hall–Kier alpha value is -1.56. The highest BCUT2D eigenvalue weighted by atomic mass is 32.2. The molecule has 0 aromatic heterocycles. The van der Waals surface area contributed by atoms with E-state index in [-0.39, 0.29) is 17.6 Å². The van der Waals surface area contributed by atoms with Crippen LogP contribution in [0, 0.1) is 22.0 Å². The Kier molecular flexibility index (Phi) is 5.83. The minimum absolute atomic E-state index is 0.0364. The van der Waals surface area contributed by atoms with Crippen LogP contribution in [-0.4, -0.2) is 22.6 Å². The van der Waals surface area contributed by atoms with Gasteiger partial charge in [0, 0.05) is 23.1 Å². The number of hydrogen-bond acceptors (Lipinski definition) is 4. The Balaban J connectivity index is 1.81. The molecule has 0 bridgehead atoms. The van der Waals surface area contributed by atoms with Crippen LogP contribution in [0.1, 0.15) is 33.1 Å². The minimum Gasteiger partial charge on any atom is -0.352 e. The summed E-state index contributed by atoms with van der Waals surface area (Å²) in [6.45, 7) is 4.45. The number of benzene rings is 1. The lowest BCUT2D eigenvalue weighted by Gasteiger charge is -2.34. The Morgan fingerprint density at radius 3 is 2.64 bits per heavy atom. The van der Waals surface area contributed by atoms with Crippen LogP contribution in [0.25, 0.3) is 0 Å². The lowest BCUT2D eigenvalue weighted by Crippen LogP contribution is -2.44. The lowest BCUT2D eigenvalue weighted by molar-refractivity contribution is -0.384. The smallest absolute Gasteiger partial charge is 0.269 e. The molecule has 1 aromatic rings. The Labute approximate surface area is 135 Å². The number of carbonyl (C=O) groups excluding carboxylic acids is 1. The molecule has 0 aliphatic heterocycles. The maximum Gasteiger partial charge on any atom is 0.269 e. The molecule has 5 nitrogen and oxygen atoms in total. The van der Waals surface area contributed by atoms with E-state index in [2.05, 4.69) is 19.2 Å². The molecular formula is C16H22N2O3S. The standard InChI is InChI=1S/C16H22N2O3S/c1-11-4-3-5-15(12(11)2)17-16(19)10-22-14-8-6-13(7-9-14)18(20)21/h6-9,11-12,15H,3-5,10H2,1-2H3,(H,17,19). The summed E-state index contributed by atoms with van der Waals surface area (Å²) in [7, 11) is 0. The second-order valence-electron chi connectivity index (χ2n) is 5.98. The Bertz CT molecular complexity index is 533. The molecule has 0 spiro atoms. The topological polar surface area (TPSA) is 72.2 Å². The van der Waals surface area contributed by atoms with E-state index >= 15 is 0 Å². The first kappa shape index (κ1) is 16.8. The zero-order valence-corrected chi connectivity index (χ0v) is 13.8. The van der Waals surface area contributed by atoms with Gasteiger partial charge in [-0.25, -0.2) is 0 Å². The maximum atomic E-state index is 12.1. The molecule has 6 heteroatoms. The SMILES string of the molecule is CC1CCCC(NC(=O)CSc2ccc([N+](=O)[O-])cc2)C1C. The molecule has 3 atom stereocenters. The molecule has 1 aromatic carbocycles. The van der Waals surface area contributed by atoms with Gasteiger partial charge in [-0.05, 0) is 30.4 Å². The minimum atomic E-state index is -0.424. The molecule has 1 aliphatic rings. The summed E-state index contributed by atoms with van der Waals surface area (Å²) in [6, 6.07) is 6.56. The van der Waals surface area contributed by atoms with Gasteiger partial charge < -0.3 is 5.32 Å². The Morgan fingerprint density at radius 2 is 2.00 bits per heavy atom. The molecule has 1 amide bonds. The molecular weight excluding hydrogens is 300 g/mol. The first-order valence-corrected chi connectivity index (χ1v) is 8.62. The van der Waals surface area contributed by atoms with E-state index in [0.29, 0.717) is 17.6 Å². The number of hydrogen-bond donors (Lipinski definition) is 1. The lowest BCUT2D eigenvalue weighted by atomic mass is 9.78. The van der Waals surface area contributed by atoms with Crippen molar-refractivity contribution in [1.82, 2.24) is 5.32 Å². The molecule has 0 heterocycles. The van der Waals surface area contributed by atoms with E-state index in [1.807, 2.05) is 0 Å². The van der Waals surface area contributed by atoms with Crippen molar-refractivity contribution in [2.24, 2.45) is 11.8 Å². The van der Waals surface area contributed by atoms with Crippen LogP contribution >= 0.6 is 11.8 Å². The van der Waals surface area contributed by atoms with Gasteiger partial charge in [0.05, 0.1) is 10.7 Å². The monoisotopic (exact) mass is 322 g/mol. The van der Waals surface area contributed by atoms with Crippen molar-refractivity contribution in [3.8, 4) is 0 Å². The van der Waals surface area contributed by atoms with E-state index in [1.165, 1.54) is 36.7 Å². The largest absolute Gasteiger partial charge is 0.352 e. The molecule has 0 radical (unpaired) electrons. The first-order valence-electron chi connectivity index (χ1n) is 7.64. The summed E-state index contributed by atoms with van der Waals surface area (Å²) < 4.78 is 0. The highest BCUT2D eigenvalue weighted by Crippen LogP contribution is 2.29. The number of thioether (sulfide) groups is 1. The van der Waals surface area contributed by atoms with Crippen molar-refractivity contribution in [2.75, 3.05) is 5.75 Å². The van der Waals surface area contributed by atoms with Crippen molar-refractivity contribution in [2.45, 2.75) is 44.0 Å². The fraction of sp³-hybridized carbons (Fsp3) is 0.562. The van der Waals surface area contributed by atoms with Gasteiger partial charge in [-0.1, -0.05) is 26.7 Å². The number of nitrogens with zero attached hydrogens (tertiary/aromatic N) is 1. The van der Waals surface area contributed by atoms with E-state index in [0.717, 1.165) is 11.3 Å². The van der Waals surface area contributed by atoms with Crippen molar-refractivity contribution >= 4 is 23.4 Å². The molecule has 1 aliphatic carbocycles. The van der Waals surface area contributed by atoms with Gasteiger partial charge >= 0.3 is 0 Å². The average Bonchev–Trinajstić information content (AvgIpc) is 2.50. The van der Waals surface area contributed by atoms with Crippen LogP contribution in [0.15, 0.2) is 29.2 Å². The fourth-order valence-corrected chi connectivity index (χ4v) is 3.56. The number of nitro benzene ring substituents is 1. The molecule has 1 N–H and O–H groups in total. The van der Waals surface area contributed by atoms with Gasteiger partial charge in [0.25, 0.3) is 5.69 Å². The van der Waals surface area contributed by atoms with Crippen LogP contribution in [0.2, 0.25) is 0 Å². The highest BCUT2D eigenvalue weighted by molar-refractivity contribution is 8.00. The predicted molar refractivity (Wildman–Crippen MR) is 87.9 cm³/mol. The third-order valence-electron chi connectivity index (χ3n) is 4.47. The van der Waals surface area contributed by atoms with Gasteiger partial charge in [0.15, 0.2) is 0 Å². The van der Waals surface area contributed by atoms with Crippen molar-refractivity contribution < 1.29 is 9.72 Å². The molecule has 3 unspecified atom stereocenters. The zero-order chi connectivity index (χ0) is 16.1. The second-order valence-corrected chi connectivity index (χ2v) is 7.03. The summed E-state index contributed by atoms with van der Waals surface area (Å²) in [4.78, 5) is 23.1. The maximum absolute atomic E-state index is 12.1. The van der Waals surface area contributed by atoms with Crippen molar-refractivity contribution in [3.05, 3.63) is 34.4 Å². The molecule has 1 fully saturated rings. The normalized spacial score (nSPS) is 24.7. The fourth-order valence-electron chi connectivity index (χ4n) is 2.85. The van der Waals surface area contributed by atoms with E-state index in [9.17, 15) is 14.9 Å². The van der Waals surface area contributed by atoms with Crippen molar-refractivity contribution in [1.29, 1.82) is 0 Å². The van der Waals surface area contributed by atoms with E-state index in [1.54, 1.807) is 12.1 Å². The predicted octanol–water partition coefficient (Wildman–Crippen LogP) is 3.63. The van der Waals surface area contributed by atoms with Gasteiger partial charge in [0.1, 0.15) is 0 Å². The van der Waals surface area contributed by atoms with Gasteiger partial charge in [0.2, 0.25) is 5.91 Å². The van der Waals surface area contributed by atoms with Crippen LogP contribution in [0.4, 0.5) is 5.69 Å². The number of non-ortho nitro benzene ring substituents is 1. The summed E-state index contributed by atoms with van der Waals surface area (Å²) in [5.74, 6) is 1.55. The summed E-state index contributed by atoms with van der Waals surface area (Å²) in [6.07, 6.45) is 3.47. The molecule has 2 rings (SSSR count). The number of rotatable bonds is 5. The zero-order valence-electron chi connectivity index (χ0n) is 13.0. The quantitative estimate of drug-likeness (QED) is 0.510. The summed E-state index contributed by atoms with van der Waals surface area (Å²) in [5, 5.41) is 13.7. The second kappa shape index (κ2) is 7.63. The Morgan fingerprint density at radius 1 is 1.32 bits per heavy atom. The van der Waals surface area contributed by atoms with E-state index in [4.69, 9.17) is 0 Å². The third kappa shape index (κ3) is 4.47. The first-order chi connectivity index (χ1) is 10.5. The number of amides is 1. The third-order valence-corrected chi connectivity index (χ3v) is 5.48. The number of carbonyl (C=O) groups is 1. The van der Waals surface area contributed by atoms with Crippen LogP contribution in [0.3, 0.4) is 0 Å². The van der Waals surface area contributed by atoms with E-state index < -0.39 is 4.92 Å². The highest BCUT2D eigenvalue weighted by Gasteiger charge is 2.27. The summed E-state index contributed by atoms with van der Waals surface area (Å²) in [5.41, 5.74) is 0.0684. The van der Waals surface area contributed by atoms with Crippen LogP contribution in [-0.2, 0) is 4.79 Å². The van der Waals surface area contributed by atoms with Gasteiger partial charge in [-0.2, -0.15) is 0 Å². The molecule has 0 saturated heterocycles. The molecule has 120 valence electrons.